The molecule has 84 valence electrons. The SMILES string of the molecule is COCCn1nc(C(C)C)cc1C(=O)O. The fourth-order valence-corrected chi connectivity index (χ4v) is 1.24. The zero-order chi connectivity index (χ0) is 11.4. The molecule has 0 bridgehead atoms. The molecule has 0 aliphatic heterocycles. The predicted molar refractivity (Wildman–Crippen MR) is 55.2 cm³/mol. The van der Waals surface area contributed by atoms with Gasteiger partial charge in [-0.2, -0.15) is 5.10 Å². The minimum atomic E-state index is -0.953. The highest BCUT2D eigenvalue weighted by Gasteiger charge is 2.15. The van der Waals surface area contributed by atoms with Gasteiger partial charge < -0.3 is 9.84 Å². The molecule has 0 spiro atoms. The summed E-state index contributed by atoms with van der Waals surface area (Å²) in [5, 5.41) is 13.2. The van der Waals surface area contributed by atoms with Crippen LogP contribution in [0.2, 0.25) is 0 Å². The molecule has 0 fully saturated rings. The summed E-state index contributed by atoms with van der Waals surface area (Å²) in [5.74, 6) is -0.725. The van der Waals surface area contributed by atoms with Crippen molar-refractivity contribution in [1.82, 2.24) is 9.78 Å². The fraction of sp³-hybridized carbons (Fsp3) is 0.600. The lowest BCUT2D eigenvalue weighted by Crippen LogP contribution is -2.13. The van der Waals surface area contributed by atoms with Crippen LogP contribution in [0.4, 0.5) is 0 Å². The molecule has 0 atom stereocenters. The zero-order valence-corrected chi connectivity index (χ0v) is 9.23. The maximum Gasteiger partial charge on any atom is 0.354 e. The van der Waals surface area contributed by atoms with E-state index in [0.29, 0.717) is 13.2 Å². The van der Waals surface area contributed by atoms with Gasteiger partial charge in [0.05, 0.1) is 18.8 Å². The van der Waals surface area contributed by atoms with E-state index in [1.54, 1.807) is 13.2 Å². The topological polar surface area (TPSA) is 64.4 Å². The van der Waals surface area contributed by atoms with Crippen LogP contribution in [0.5, 0.6) is 0 Å². The smallest absolute Gasteiger partial charge is 0.354 e. The Balaban J connectivity index is 2.95. The third kappa shape index (κ3) is 2.79. The molecule has 0 saturated carbocycles. The molecule has 0 aromatic carbocycles. The standard InChI is InChI=1S/C10H16N2O3/c1-7(2)8-6-9(10(13)14)12(11-8)4-5-15-3/h6-7H,4-5H2,1-3H3,(H,13,14). The Hall–Kier alpha value is -1.36. The predicted octanol–water partition coefficient (Wildman–Crippen LogP) is 1.35. The first-order valence-corrected chi connectivity index (χ1v) is 4.86. The van der Waals surface area contributed by atoms with Crippen molar-refractivity contribution in [3.63, 3.8) is 0 Å². The highest BCUT2D eigenvalue weighted by molar-refractivity contribution is 5.85. The van der Waals surface area contributed by atoms with E-state index in [2.05, 4.69) is 5.10 Å². The number of aromatic carboxylic acids is 1. The summed E-state index contributed by atoms with van der Waals surface area (Å²) in [7, 11) is 1.58. The van der Waals surface area contributed by atoms with E-state index in [9.17, 15) is 4.79 Å². The lowest BCUT2D eigenvalue weighted by molar-refractivity contribution is 0.0680. The Bertz CT molecular complexity index is 344. The minimum absolute atomic E-state index is 0.218. The molecule has 0 radical (unpaired) electrons. The van der Waals surface area contributed by atoms with Crippen LogP contribution in [0, 0.1) is 0 Å². The summed E-state index contributed by atoms with van der Waals surface area (Å²) in [6.07, 6.45) is 0. The van der Waals surface area contributed by atoms with Crippen LogP contribution in [0.3, 0.4) is 0 Å². The molecule has 1 N–H and O–H groups in total. The number of aromatic nitrogens is 2. The second-order valence-corrected chi connectivity index (χ2v) is 3.63. The Labute approximate surface area is 88.7 Å². The van der Waals surface area contributed by atoms with Crippen LogP contribution < -0.4 is 0 Å². The number of methoxy groups -OCH3 is 1. The van der Waals surface area contributed by atoms with Gasteiger partial charge in [0.15, 0.2) is 0 Å². The Morgan fingerprint density at radius 2 is 2.33 bits per heavy atom. The summed E-state index contributed by atoms with van der Waals surface area (Å²) >= 11 is 0. The van der Waals surface area contributed by atoms with Gasteiger partial charge in [-0.1, -0.05) is 13.8 Å². The first-order valence-electron chi connectivity index (χ1n) is 4.86. The first-order chi connectivity index (χ1) is 7.06. The van der Waals surface area contributed by atoms with E-state index >= 15 is 0 Å². The molecule has 5 heteroatoms. The van der Waals surface area contributed by atoms with E-state index in [1.807, 2.05) is 13.8 Å². The van der Waals surface area contributed by atoms with Gasteiger partial charge in [-0.15, -0.1) is 0 Å². The number of hydrogen-bond donors (Lipinski definition) is 1. The van der Waals surface area contributed by atoms with Crippen molar-refractivity contribution in [2.24, 2.45) is 0 Å². The molecule has 15 heavy (non-hydrogen) atoms. The van der Waals surface area contributed by atoms with Gasteiger partial charge in [0.2, 0.25) is 0 Å². The van der Waals surface area contributed by atoms with E-state index < -0.39 is 5.97 Å². The number of hydrogen-bond acceptors (Lipinski definition) is 3. The third-order valence-electron chi connectivity index (χ3n) is 2.12. The van der Waals surface area contributed by atoms with Gasteiger partial charge in [-0.3, -0.25) is 4.68 Å². The number of carbonyl (C=O) groups is 1. The van der Waals surface area contributed by atoms with Crippen LogP contribution in [-0.2, 0) is 11.3 Å². The first kappa shape index (κ1) is 11.7. The largest absolute Gasteiger partial charge is 0.477 e. The van der Waals surface area contributed by atoms with E-state index in [4.69, 9.17) is 9.84 Å². The minimum Gasteiger partial charge on any atom is -0.477 e. The van der Waals surface area contributed by atoms with Crippen molar-refractivity contribution in [2.45, 2.75) is 26.3 Å². The van der Waals surface area contributed by atoms with Crippen LogP contribution >= 0.6 is 0 Å². The lowest BCUT2D eigenvalue weighted by atomic mass is 10.1. The summed E-state index contributed by atoms with van der Waals surface area (Å²) in [6.45, 7) is 4.88. The normalized spacial score (nSPS) is 10.9. The molecule has 1 aromatic heterocycles. The van der Waals surface area contributed by atoms with Crippen molar-refractivity contribution in [1.29, 1.82) is 0 Å². The van der Waals surface area contributed by atoms with Gasteiger partial charge in [0.1, 0.15) is 5.69 Å². The number of nitrogens with zero attached hydrogens (tertiary/aromatic N) is 2. The van der Waals surface area contributed by atoms with Crippen molar-refractivity contribution in [2.75, 3.05) is 13.7 Å². The van der Waals surface area contributed by atoms with E-state index in [1.165, 1.54) is 4.68 Å². The lowest BCUT2D eigenvalue weighted by Gasteiger charge is -2.03. The van der Waals surface area contributed by atoms with Crippen molar-refractivity contribution < 1.29 is 14.6 Å². The van der Waals surface area contributed by atoms with Crippen LogP contribution in [-0.4, -0.2) is 34.6 Å². The Morgan fingerprint density at radius 1 is 1.67 bits per heavy atom. The molecule has 0 saturated heterocycles. The van der Waals surface area contributed by atoms with Crippen molar-refractivity contribution in [3.05, 3.63) is 17.5 Å². The average Bonchev–Trinajstić information content (AvgIpc) is 2.58. The number of carboxylic acids is 1. The zero-order valence-electron chi connectivity index (χ0n) is 9.23. The highest BCUT2D eigenvalue weighted by Crippen LogP contribution is 2.14. The number of rotatable bonds is 5. The summed E-state index contributed by atoms with van der Waals surface area (Å²) in [4.78, 5) is 10.9. The molecule has 0 aliphatic carbocycles. The molecule has 5 nitrogen and oxygen atoms in total. The van der Waals surface area contributed by atoms with Crippen molar-refractivity contribution >= 4 is 5.97 Å². The highest BCUT2D eigenvalue weighted by atomic mass is 16.5. The third-order valence-corrected chi connectivity index (χ3v) is 2.12. The summed E-state index contributed by atoms with van der Waals surface area (Å²) in [5.41, 5.74) is 1.01. The molecule has 1 aromatic rings. The molecule has 0 unspecified atom stereocenters. The molecular formula is C10H16N2O3. The molecular weight excluding hydrogens is 196 g/mol. The van der Waals surface area contributed by atoms with Gasteiger partial charge >= 0.3 is 5.97 Å². The molecule has 1 heterocycles. The average molecular weight is 212 g/mol. The van der Waals surface area contributed by atoms with E-state index in [-0.39, 0.29) is 11.6 Å². The quantitative estimate of drug-likeness (QED) is 0.800. The van der Waals surface area contributed by atoms with Crippen LogP contribution in [0.25, 0.3) is 0 Å². The Morgan fingerprint density at radius 3 is 2.80 bits per heavy atom. The monoisotopic (exact) mass is 212 g/mol. The number of ether oxygens (including phenoxy) is 1. The van der Waals surface area contributed by atoms with Crippen LogP contribution in [0.15, 0.2) is 6.07 Å². The second-order valence-electron chi connectivity index (χ2n) is 3.63. The van der Waals surface area contributed by atoms with Gasteiger partial charge in [-0.05, 0) is 12.0 Å². The summed E-state index contributed by atoms with van der Waals surface area (Å²) < 4.78 is 6.37. The molecule has 0 aliphatic rings. The number of carboxylic acid groups (broad SMARTS) is 1. The summed E-state index contributed by atoms with van der Waals surface area (Å²) in [6, 6.07) is 1.61. The fourth-order valence-electron chi connectivity index (χ4n) is 1.24. The van der Waals surface area contributed by atoms with E-state index in [0.717, 1.165) is 5.69 Å². The maximum absolute atomic E-state index is 10.9. The second kappa shape index (κ2) is 4.93. The molecule has 0 amide bonds. The van der Waals surface area contributed by atoms with Crippen LogP contribution in [0.1, 0.15) is 35.9 Å². The van der Waals surface area contributed by atoms with Gasteiger partial charge in [0, 0.05) is 7.11 Å². The van der Waals surface area contributed by atoms with Crippen molar-refractivity contribution in [3.8, 4) is 0 Å². The Kier molecular flexibility index (Phi) is 3.85. The maximum atomic E-state index is 10.9. The molecule has 1 rings (SSSR count). The van der Waals surface area contributed by atoms with Gasteiger partial charge in [-0.25, -0.2) is 4.79 Å². The van der Waals surface area contributed by atoms with Gasteiger partial charge in [0.25, 0.3) is 0 Å².